The fourth-order valence-corrected chi connectivity index (χ4v) is 3.83. The maximum absolute atomic E-state index is 9.25. The average Bonchev–Trinajstić information content (AvgIpc) is 3.16. The summed E-state index contributed by atoms with van der Waals surface area (Å²) < 4.78 is 13.2. The van der Waals surface area contributed by atoms with Crippen molar-refractivity contribution in [1.82, 2.24) is 14.8 Å². The summed E-state index contributed by atoms with van der Waals surface area (Å²) >= 11 is 1.57. The molecule has 0 N–H and O–H groups in total. The number of rotatable bonds is 8. The zero-order chi connectivity index (χ0) is 19.9. The molecule has 1 atom stereocenters. The summed E-state index contributed by atoms with van der Waals surface area (Å²) in [5.74, 6) is 2.97. The van der Waals surface area contributed by atoms with Gasteiger partial charge >= 0.3 is 0 Å². The smallest absolute Gasteiger partial charge is 0.191 e. The number of aromatic nitrogens is 3. The molecule has 0 saturated heterocycles. The number of hydrogen-bond donors (Lipinski definition) is 0. The highest BCUT2D eigenvalue weighted by molar-refractivity contribution is 7.98. The lowest BCUT2D eigenvalue weighted by Gasteiger charge is -2.16. The number of ether oxygens (including phenoxy) is 2. The van der Waals surface area contributed by atoms with Gasteiger partial charge in [0.2, 0.25) is 0 Å². The number of methoxy groups -OCH3 is 1. The Morgan fingerprint density at radius 1 is 1.11 bits per heavy atom. The van der Waals surface area contributed by atoms with Crippen molar-refractivity contribution in [2.24, 2.45) is 0 Å². The third kappa shape index (κ3) is 4.46. The quantitative estimate of drug-likeness (QED) is 0.520. The van der Waals surface area contributed by atoms with E-state index in [1.54, 1.807) is 18.9 Å². The van der Waals surface area contributed by atoms with E-state index in [2.05, 4.69) is 23.2 Å². The highest BCUT2D eigenvalue weighted by Crippen LogP contribution is 2.28. The molecule has 7 heteroatoms. The Kier molecular flexibility index (Phi) is 6.56. The molecule has 0 aliphatic rings. The van der Waals surface area contributed by atoms with E-state index >= 15 is 0 Å². The first-order valence-electron chi connectivity index (χ1n) is 9.00. The lowest BCUT2D eigenvalue weighted by atomic mass is 10.1. The summed E-state index contributed by atoms with van der Waals surface area (Å²) in [6.07, 6.45) is -0.249. The predicted octanol–water partition coefficient (Wildman–Crippen LogP) is 4.61. The fraction of sp³-hybridized carbons (Fsp3) is 0.286. The molecule has 144 valence electrons. The van der Waals surface area contributed by atoms with E-state index in [0.717, 1.165) is 34.6 Å². The molecule has 0 spiro atoms. The lowest BCUT2D eigenvalue weighted by Crippen LogP contribution is -2.12. The molecule has 0 fully saturated rings. The minimum atomic E-state index is -0.249. The SMILES string of the molecule is CCn1c(SCc2ccccc2C#N)nnc1C(C)Oc1ccc(OC)cc1. The van der Waals surface area contributed by atoms with Crippen molar-refractivity contribution in [2.45, 2.75) is 37.4 Å². The second-order valence-electron chi connectivity index (χ2n) is 6.08. The summed E-state index contributed by atoms with van der Waals surface area (Å²) in [7, 11) is 1.64. The second-order valence-corrected chi connectivity index (χ2v) is 7.02. The Balaban J connectivity index is 1.72. The number of nitriles is 1. The molecular formula is C21H22N4O2S. The lowest BCUT2D eigenvalue weighted by molar-refractivity contribution is 0.209. The van der Waals surface area contributed by atoms with E-state index < -0.39 is 0 Å². The van der Waals surface area contributed by atoms with Crippen LogP contribution >= 0.6 is 11.8 Å². The molecule has 6 nitrogen and oxygen atoms in total. The predicted molar refractivity (Wildman–Crippen MR) is 108 cm³/mol. The van der Waals surface area contributed by atoms with Crippen molar-refractivity contribution in [3.05, 3.63) is 65.5 Å². The van der Waals surface area contributed by atoms with Gasteiger partial charge in [0.15, 0.2) is 17.1 Å². The molecular weight excluding hydrogens is 372 g/mol. The Morgan fingerprint density at radius 3 is 2.50 bits per heavy atom. The van der Waals surface area contributed by atoms with Crippen LogP contribution in [-0.4, -0.2) is 21.9 Å². The Labute approximate surface area is 169 Å². The van der Waals surface area contributed by atoms with Crippen LogP contribution in [0.15, 0.2) is 53.7 Å². The molecule has 0 saturated carbocycles. The van der Waals surface area contributed by atoms with Crippen LogP contribution in [0.4, 0.5) is 0 Å². The molecule has 0 bridgehead atoms. The summed E-state index contributed by atoms with van der Waals surface area (Å²) in [5.41, 5.74) is 1.68. The van der Waals surface area contributed by atoms with E-state index in [4.69, 9.17) is 9.47 Å². The van der Waals surface area contributed by atoms with E-state index in [1.807, 2.05) is 60.0 Å². The Bertz CT molecular complexity index is 963. The molecule has 3 rings (SSSR count). The van der Waals surface area contributed by atoms with Crippen molar-refractivity contribution in [1.29, 1.82) is 5.26 Å². The molecule has 0 aliphatic heterocycles. The van der Waals surface area contributed by atoms with Crippen molar-refractivity contribution >= 4 is 11.8 Å². The number of thioether (sulfide) groups is 1. The minimum absolute atomic E-state index is 0.249. The van der Waals surface area contributed by atoms with E-state index in [-0.39, 0.29) is 6.10 Å². The summed E-state index contributed by atoms with van der Waals surface area (Å²) in [6.45, 7) is 4.75. The van der Waals surface area contributed by atoms with Crippen LogP contribution in [0, 0.1) is 11.3 Å². The molecule has 0 amide bonds. The Hall–Kier alpha value is -2.98. The first-order chi connectivity index (χ1) is 13.7. The van der Waals surface area contributed by atoms with Crippen molar-refractivity contribution in [2.75, 3.05) is 7.11 Å². The maximum atomic E-state index is 9.25. The van der Waals surface area contributed by atoms with Gasteiger partial charge < -0.3 is 14.0 Å². The van der Waals surface area contributed by atoms with E-state index in [1.165, 1.54) is 0 Å². The van der Waals surface area contributed by atoms with Gasteiger partial charge in [-0.2, -0.15) is 5.26 Å². The van der Waals surface area contributed by atoms with Crippen LogP contribution in [-0.2, 0) is 12.3 Å². The third-order valence-electron chi connectivity index (χ3n) is 4.29. The van der Waals surface area contributed by atoms with Gasteiger partial charge in [-0.05, 0) is 49.7 Å². The normalized spacial score (nSPS) is 11.6. The number of nitrogens with zero attached hydrogens (tertiary/aromatic N) is 4. The fourth-order valence-electron chi connectivity index (χ4n) is 2.81. The molecule has 1 aromatic heterocycles. The van der Waals surface area contributed by atoms with Gasteiger partial charge in [-0.25, -0.2) is 0 Å². The van der Waals surface area contributed by atoms with Gasteiger partial charge in [0.1, 0.15) is 11.5 Å². The van der Waals surface area contributed by atoms with Crippen LogP contribution < -0.4 is 9.47 Å². The molecule has 0 aliphatic carbocycles. The third-order valence-corrected chi connectivity index (χ3v) is 5.31. The van der Waals surface area contributed by atoms with Crippen LogP contribution in [0.5, 0.6) is 11.5 Å². The first kappa shape index (κ1) is 19.8. The van der Waals surface area contributed by atoms with Crippen LogP contribution in [0.2, 0.25) is 0 Å². The second kappa shape index (κ2) is 9.29. The van der Waals surface area contributed by atoms with Crippen LogP contribution in [0.25, 0.3) is 0 Å². The van der Waals surface area contributed by atoms with Gasteiger partial charge in [-0.15, -0.1) is 10.2 Å². The summed E-state index contributed by atoms with van der Waals surface area (Å²) in [5, 5.41) is 18.8. The van der Waals surface area contributed by atoms with E-state index in [9.17, 15) is 5.26 Å². The highest BCUT2D eigenvalue weighted by atomic mass is 32.2. The molecule has 0 radical (unpaired) electrons. The zero-order valence-electron chi connectivity index (χ0n) is 16.1. The number of hydrogen-bond acceptors (Lipinski definition) is 6. The molecule has 2 aromatic carbocycles. The standard InChI is InChI=1S/C21H22N4O2S/c1-4-25-20(15(2)27-19-11-9-18(26-3)10-12-19)23-24-21(25)28-14-17-8-6-5-7-16(17)13-22/h5-12,15H,4,14H2,1-3H3. The van der Waals surface area contributed by atoms with Gasteiger partial charge in [0, 0.05) is 12.3 Å². The maximum Gasteiger partial charge on any atom is 0.191 e. The first-order valence-corrected chi connectivity index (χ1v) is 9.99. The molecule has 1 heterocycles. The zero-order valence-corrected chi connectivity index (χ0v) is 16.9. The summed E-state index contributed by atoms with van der Waals surface area (Å²) in [6, 6.07) is 17.3. The van der Waals surface area contributed by atoms with Gasteiger partial charge in [0.25, 0.3) is 0 Å². The largest absolute Gasteiger partial charge is 0.497 e. The van der Waals surface area contributed by atoms with E-state index in [0.29, 0.717) is 11.3 Å². The molecule has 28 heavy (non-hydrogen) atoms. The van der Waals surface area contributed by atoms with Crippen molar-refractivity contribution in [3.63, 3.8) is 0 Å². The highest BCUT2D eigenvalue weighted by Gasteiger charge is 2.19. The Morgan fingerprint density at radius 2 is 1.82 bits per heavy atom. The number of benzene rings is 2. The van der Waals surface area contributed by atoms with Crippen LogP contribution in [0.1, 0.15) is 36.9 Å². The van der Waals surface area contributed by atoms with Crippen molar-refractivity contribution < 1.29 is 9.47 Å². The topological polar surface area (TPSA) is 73.0 Å². The van der Waals surface area contributed by atoms with Crippen LogP contribution in [0.3, 0.4) is 0 Å². The minimum Gasteiger partial charge on any atom is -0.497 e. The molecule has 3 aromatic rings. The van der Waals surface area contributed by atoms with Gasteiger partial charge in [-0.3, -0.25) is 0 Å². The summed E-state index contributed by atoms with van der Waals surface area (Å²) in [4.78, 5) is 0. The van der Waals surface area contributed by atoms with Gasteiger partial charge in [0.05, 0.1) is 18.7 Å². The molecule has 1 unspecified atom stereocenters. The average molecular weight is 395 g/mol. The monoisotopic (exact) mass is 394 g/mol. The van der Waals surface area contributed by atoms with Crippen molar-refractivity contribution in [3.8, 4) is 17.6 Å². The van der Waals surface area contributed by atoms with Gasteiger partial charge in [-0.1, -0.05) is 30.0 Å².